The van der Waals surface area contributed by atoms with Gasteiger partial charge in [-0.25, -0.2) is 13.4 Å². The molecule has 2 unspecified atom stereocenters. The average Bonchev–Trinajstić information content (AvgIpc) is 2.87. The van der Waals surface area contributed by atoms with Crippen LogP contribution in [0.25, 0.3) is 0 Å². The van der Waals surface area contributed by atoms with E-state index in [0.29, 0.717) is 17.4 Å². The Hall–Kier alpha value is -0.460. The van der Waals surface area contributed by atoms with Crippen LogP contribution in [0.2, 0.25) is 0 Å². The van der Waals surface area contributed by atoms with Gasteiger partial charge >= 0.3 is 0 Å². The molecule has 1 aliphatic rings. The molecule has 17 heavy (non-hydrogen) atoms. The zero-order chi connectivity index (χ0) is 12.3. The standard InChI is InChI=1S/C11H18N2O2S2/c1-12-5-10(4-11-6-16-8-13-11)9-2-3-17(14,15)7-9/h6,8-10,12H,2-5,7H2,1H3. The second kappa shape index (κ2) is 5.46. The molecule has 4 nitrogen and oxygen atoms in total. The van der Waals surface area contributed by atoms with E-state index in [0.717, 1.165) is 25.1 Å². The van der Waals surface area contributed by atoms with Crippen molar-refractivity contribution in [2.75, 3.05) is 25.1 Å². The summed E-state index contributed by atoms with van der Waals surface area (Å²) >= 11 is 1.59. The van der Waals surface area contributed by atoms with Gasteiger partial charge in [-0.15, -0.1) is 11.3 Å². The number of sulfone groups is 1. The van der Waals surface area contributed by atoms with Crippen LogP contribution in [-0.2, 0) is 16.3 Å². The van der Waals surface area contributed by atoms with Crippen LogP contribution < -0.4 is 5.32 Å². The van der Waals surface area contributed by atoms with Crippen molar-refractivity contribution in [3.8, 4) is 0 Å². The largest absolute Gasteiger partial charge is 0.319 e. The lowest BCUT2D eigenvalue weighted by Crippen LogP contribution is -2.28. The molecule has 0 spiro atoms. The van der Waals surface area contributed by atoms with E-state index in [-0.39, 0.29) is 5.92 Å². The van der Waals surface area contributed by atoms with Crippen LogP contribution >= 0.6 is 11.3 Å². The predicted molar refractivity (Wildman–Crippen MR) is 70.0 cm³/mol. The maximum Gasteiger partial charge on any atom is 0.150 e. The highest BCUT2D eigenvalue weighted by atomic mass is 32.2. The number of nitrogens with zero attached hydrogens (tertiary/aromatic N) is 1. The third-order valence-corrected chi connectivity index (χ3v) is 5.78. The first-order valence-electron chi connectivity index (χ1n) is 5.83. The normalized spacial score (nSPS) is 24.9. The second-order valence-electron chi connectivity index (χ2n) is 4.66. The molecule has 0 aliphatic carbocycles. The predicted octanol–water partition coefficient (Wildman–Crippen LogP) is 0.956. The first-order chi connectivity index (χ1) is 8.11. The monoisotopic (exact) mass is 274 g/mol. The molecule has 2 rings (SSSR count). The Morgan fingerprint density at radius 1 is 1.65 bits per heavy atom. The van der Waals surface area contributed by atoms with Gasteiger partial charge in [-0.3, -0.25) is 0 Å². The molecule has 1 fully saturated rings. The minimum absolute atomic E-state index is 0.286. The average molecular weight is 274 g/mol. The van der Waals surface area contributed by atoms with E-state index in [2.05, 4.69) is 10.3 Å². The van der Waals surface area contributed by atoms with Gasteiger partial charge in [0.1, 0.15) is 0 Å². The summed E-state index contributed by atoms with van der Waals surface area (Å²) in [6.45, 7) is 0.859. The lowest BCUT2D eigenvalue weighted by molar-refractivity contribution is 0.349. The van der Waals surface area contributed by atoms with Crippen molar-refractivity contribution in [1.29, 1.82) is 0 Å². The Bertz CT molecular complexity index is 442. The molecule has 0 saturated carbocycles. The van der Waals surface area contributed by atoms with Crippen molar-refractivity contribution in [3.05, 3.63) is 16.6 Å². The van der Waals surface area contributed by atoms with E-state index in [4.69, 9.17) is 0 Å². The Balaban J connectivity index is 2.02. The molecule has 1 aliphatic heterocycles. The fourth-order valence-electron chi connectivity index (χ4n) is 2.47. The van der Waals surface area contributed by atoms with Crippen LogP contribution in [-0.4, -0.2) is 38.5 Å². The van der Waals surface area contributed by atoms with Gasteiger partial charge in [-0.1, -0.05) is 0 Å². The Labute approximate surface area is 106 Å². The van der Waals surface area contributed by atoms with Crippen LogP contribution in [0.5, 0.6) is 0 Å². The van der Waals surface area contributed by atoms with Gasteiger partial charge in [-0.2, -0.15) is 0 Å². The van der Waals surface area contributed by atoms with Gasteiger partial charge < -0.3 is 5.32 Å². The smallest absolute Gasteiger partial charge is 0.150 e. The number of aromatic nitrogens is 1. The van der Waals surface area contributed by atoms with Crippen LogP contribution in [0, 0.1) is 11.8 Å². The molecular weight excluding hydrogens is 256 g/mol. The molecule has 1 saturated heterocycles. The van der Waals surface area contributed by atoms with Gasteiger partial charge in [0.25, 0.3) is 0 Å². The maximum absolute atomic E-state index is 11.5. The topological polar surface area (TPSA) is 59.1 Å². The van der Waals surface area contributed by atoms with Crippen LogP contribution in [0.4, 0.5) is 0 Å². The Kier molecular flexibility index (Phi) is 4.17. The number of hydrogen-bond donors (Lipinski definition) is 1. The number of thiazole rings is 1. The minimum Gasteiger partial charge on any atom is -0.319 e. The highest BCUT2D eigenvalue weighted by molar-refractivity contribution is 7.91. The summed E-state index contributed by atoms with van der Waals surface area (Å²) in [5.41, 5.74) is 2.91. The third-order valence-electron chi connectivity index (χ3n) is 3.36. The molecule has 0 amide bonds. The highest BCUT2D eigenvalue weighted by Crippen LogP contribution is 2.28. The van der Waals surface area contributed by atoms with Crippen LogP contribution in [0.1, 0.15) is 12.1 Å². The van der Waals surface area contributed by atoms with Gasteiger partial charge in [-0.05, 0) is 38.3 Å². The molecule has 1 aromatic heterocycles. The quantitative estimate of drug-likeness (QED) is 0.869. The molecule has 96 valence electrons. The van der Waals surface area contributed by atoms with Gasteiger partial charge in [0, 0.05) is 5.38 Å². The molecule has 0 bridgehead atoms. The summed E-state index contributed by atoms with van der Waals surface area (Å²) in [6, 6.07) is 0. The number of nitrogens with one attached hydrogen (secondary N) is 1. The lowest BCUT2D eigenvalue weighted by Gasteiger charge is -2.21. The van der Waals surface area contributed by atoms with Crippen molar-refractivity contribution in [3.63, 3.8) is 0 Å². The second-order valence-corrected chi connectivity index (χ2v) is 7.61. The van der Waals surface area contributed by atoms with Crippen molar-refractivity contribution < 1.29 is 8.42 Å². The molecule has 0 radical (unpaired) electrons. The lowest BCUT2D eigenvalue weighted by atomic mass is 9.88. The Morgan fingerprint density at radius 3 is 3.00 bits per heavy atom. The van der Waals surface area contributed by atoms with Gasteiger partial charge in [0.05, 0.1) is 22.7 Å². The van der Waals surface area contributed by atoms with Crippen molar-refractivity contribution >= 4 is 21.2 Å². The molecular formula is C11H18N2O2S2. The summed E-state index contributed by atoms with van der Waals surface area (Å²) in [5, 5.41) is 5.21. The van der Waals surface area contributed by atoms with E-state index in [1.165, 1.54) is 0 Å². The SMILES string of the molecule is CNCC(Cc1cscn1)C1CCS(=O)(=O)C1. The first-order valence-corrected chi connectivity index (χ1v) is 8.59. The van der Waals surface area contributed by atoms with E-state index in [9.17, 15) is 8.42 Å². The third kappa shape index (κ3) is 3.50. The zero-order valence-corrected chi connectivity index (χ0v) is 11.6. The van der Waals surface area contributed by atoms with E-state index >= 15 is 0 Å². The molecule has 1 aromatic rings. The summed E-state index contributed by atoms with van der Waals surface area (Å²) < 4.78 is 23.0. The Morgan fingerprint density at radius 2 is 2.47 bits per heavy atom. The number of hydrogen-bond acceptors (Lipinski definition) is 5. The fourth-order valence-corrected chi connectivity index (χ4v) is 4.96. The van der Waals surface area contributed by atoms with Crippen LogP contribution in [0.3, 0.4) is 0 Å². The molecule has 2 heterocycles. The summed E-state index contributed by atoms with van der Waals surface area (Å²) in [7, 11) is -0.869. The van der Waals surface area contributed by atoms with E-state index in [1.54, 1.807) is 11.3 Å². The van der Waals surface area contributed by atoms with Crippen molar-refractivity contribution in [2.45, 2.75) is 12.8 Å². The first kappa shape index (κ1) is 13.0. The van der Waals surface area contributed by atoms with Crippen LogP contribution in [0.15, 0.2) is 10.9 Å². The summed E-state index contributed by atoms with van der Waals surface area (Å²) in [6.07, 6.45) is 1.68. The fraction of sp³-hybridized carbons (Fsp3) is 0.727. The van der Waals surface area contributed by atoms with Crippen molar-refractivity contribution in [2.24, 2.45) is 11.8 Å². The zero-order valence-electron chi connectivity index (χ0n) is 9.93. The molecule has 2 atom stereocenters. The van der Waals surface area contributed by atoms with Crippen molar-refractivity contribution in [1.82, 2.24) is 10.3 Å². The van der Waals surface area contributed by atoms with Gasteiger partial charge in [0.15, 0.2) is 9.84 Å². The van der Waals surface area contributed by atoms with Gasteiger partial charge in [0.2, 0.25) is 0 Å². The molecule has 0 aromatic carbocycles. The molecule has 1 N–H and O–H groups in total. The summed E-state index contributed by atoms with van der Waals surface area (Å²) in [4.78, 5) is 4.29. The van der Waals surface area contributed by atoms with E-state index < -0.39 is 9.84 Å². The molecule has 6 heteroatoms. The summed E-state index contributed by atoms with van der Waals surface area (Å²) in [5.74, 6) is 1.37. The maximum atomic E-state index is 11.5. The minimum atomic E-state index is -2.78. The highest BCUT2D eigenvalue weighted by Gasteiger charge is 2.33. The number of rotatable bonds is 5. The van der Waals surface area contributed by atoms with E-state index in [1.807, 2.05) is 17.9 Å².